The Balaban J connectivity index is 1.70. The predicted octanol–water partition coefficient (Wildman–Crippen LogP) is 3.67. The first-order valence-corrected chi connectivity index (χ1v) is 7.67. The van der Waals surface area contributed by atoms with E-state index in [-0.39, 0.29) is 5.91 Å². The summed E-state index contributed by atoms with van der Waals surface area (Å²) >= 11 is 0. The molecule has 2 heterocycles. The first kappa shape index (κ1) is 13.1. The van der Waals surface area contributed by atoms with Gasteiger partial charge in [-0.15, -0.1) is 0 Å². The minimum Gasteiger partial charge on any atom is -0.358 e. The highest BCUT2D eigenvalue weighted by Crippen LogP contribution is 2.29. The van der Waals surface area contributed by atoms with E-state index in [1.807, 2.05) is 35.2 Å². The summed E-state index contributed by atoms with van der Waals surface area (Å²) in [6, 6.07) is 16.0. The third-order valence-electron chi connectivity index (χ3n) is 4.44. The Morgan fingerprint density at radius 2 is 1.95 bits per heavy atom. The van der Waals surface area contributed by atoms with E-state index in [0.717, 1.165) is 18.5 Å². The van der Waals surface area contributed by atoms with E-state index in [2.05, 4.69) is 30.1 Å². The van der Waals surface area contributed by atoms with Crippen molar-refractivity contribution in [2.45, 2.75) is 19.9 Å². The molecule has 0 unspecified atom stereocenters. The number of hydrogen-bond donors (Lipinski definition) is 1. The van der Waals surface area contributed by atoms with Gasteiger partial charge in [0.05, 0.1) is 0 Å². The van der Waals surface area contributed by atoms with Crippen LogP contribution in [0.25, 0.3) is 10.9 Å². The van der Waals surface area contributed by atoms with Crippen LogP contribution in [0, 0.1) is 6.92 Å². The number of carbonyl (C=O) groups excluding carboxylic acids is 1. The molecule has 1 aliphatic rings. The second-order valence-electron chi connectivity index (χ2n) is 5.97. The SMILES string of the molecule is Cc1ccc2[nH]c3c(c2c1)CN(C(=O)c1ccccc1)CC3. The van der Waals surface area contributed by atoms with Gasteiger partial charge in [0, 0.05) is 47.2 Å². The summed E-state index contributed by atoms with van der Waals surface area (Å²) in [5, 5.41) is 1.25. The van der Waals surface area contributed by atoms with E-state index in [1.165, 1.54) is 27.7 Å². The molecule has 0 radical (unpaired) electrons. The molecule has 0 spiro atoms. The molecule has 22 heavy (non-hydrogen) atoms. The largest absolute Gasteiger partial charge is 0.358 e. The molecule has 1 N–H and O–H groups in total. The zero-order chi connectivity index (χ0) is 15.1. The number of aromatic amines is 1. The average Bonchev–Trinajstić information content (AvgIpc) is 2.92. The molecule has 0 aliphatic carbocycles. The number of carbonyl (C=O) groups is 1. The fourth-order valence-electron chi connectivity index (χ4n) is 3.26. The van der Waals surface area contributed by atoms with Gasteiger partial charge in [-0.3, -0.25) is 4.79 Å². The highest BCUT2D eigenvalue weighted by atomic mass is 16.2. The molecule has 0 atom stereocenters. The minimum atomic E-state index is 0.119. The van der Waals surface area contributed by atoms with Crippen LogP contribution in [0.15, 0.2) is 48.5 Å². The van der Waals surface area contributed by atoms with E-state index >= 15 is 0 Å². The number of nitrogens with one attached hydrogen (secondary N) is 1. The van der Waals surface area contributed by atoms with E-state index < -0.39 is 0 Å². The van der Waals surface area contributed by atoms with Crippen molar-refractivity contribution >= 4 is 16.8 Å². The molecular weight excluding hydrogens is 272 g/mol. The second-order valence-corrected chi connectivity index (χ2v) is 5.97. The fourth-order valence-corrected chi connectivity index (χ4v) is 3.26. The number of fused-ring (bicyclic) bond motifs is 3. The lowest BCUT2D eigenvalue weighted by Crippen LogP contribution is -2.35. The summed E-state index contributed by atoms with van der Waals surface area (Å²) in [5.74, 6) is 0.119. The Bertz CT molecular complexity index is 849. The third kappa shape index (κ3) is 2.10. The standard InChI is InChI=1S/C19H18N2O/c1-13-7-8-17-15(11-13)16-12-21(10-9-18(16)20-17)19(22)14-5-3-2-4-6-14/h2-8,11,20H,9-10,12H2,1H3. The van der Waals surface area contributed by atoms with Crippen molar-refractivity contribution < 1.29 is 4.79 Å². The summed E-state index contributed by atoms with van der Waals surface area (Å²) < 4.78 is 0. The van der Waals surface area contributed by atoms with Crippen molar-refractivity contribution in [1.29, 1.82) is 0 Å². The molecule has 0 saturated heterocycles. The molecule has 2 aromatic carbocycles. The van der Waals surface area contributed by atoms with Crippen molar-refractivity contribution in [2.75, 3.05) is 6.54 Å². The summed E-state index contributed by atoms with van der Waals surface area (Å²) in [5.41, 5.74) is 5.74. The molecule has 1 amide bonds. The van der Waals surface area contributed by atoms with Gasteiger partial charge in [-0.1, -0.05) is 29.8 Å². The predicted molar refractivity (Wildman–Crippen MR) is 87.9 cm³/mol. The van der Waals surface area contributed by atoms with Crippen LogP contribution in [0.3, 0.4) is 0 Å². The van der Waals surface area contributed by atoms with Gasteiger partial charge >= 0.3 is 0 Å². The quantitative estimate of drug-likeness (QED) is 0.729. The minimum absolute atomic E-state index is 0.119. The molecular formula is C19H18N2O. The lowest BCUT2D eigenvalue weighted by Gasteiger charge is -2.27. The zero-order valence-corrected chi connectivity index (χ0v) is 12.6. The number of H-pyrrole nitrogens is 1. The normalized spacial score (nSPS) is 14.1. The van der Waals surface area contributed by atoms with Crippen molar-refractivity contribution in [2.24, 2.45) is 0 Å². The molecule has 1 aliphatic heterocycles. The van der Waals surface area contributed by atoms with Crippen LogP contribution >= 0.6 is 0 Å². The molecule has 4 rings (SSSR count). The average molecular weight is 290 g/mol. The molecule has 110 valence electrons. The van der Waals surface area contributed by atoms with Gasteiger partial charge in [-0.05, 0) is 31.2 Å². The van der Waals surface area contributed by atoms with Gasteiger partial charge in [-0.25, -0.2) is 0 Å². The summed E-state index contributed by atoms with van der Waals surface area (Å²) in [4.78, 5) is 18.1. The Morgan fingerprint density at radius 1 is 1.14 bits per heavy atom. The smallest absolute Gasteiger partial charge is 0.254 e. The molecule has 1 aromatic heterocycles. The molecule has 3 nitrogen and oxygen atoms in total. The molecule has 0 bridgehead atoms. The number of amides is 1. The van der Waals surface area contributed by atoms with Crippen LogP contribution < -0.4 is 0 Å². The number of benzene rings is 2. The Hall–Kier alpha value is -2.55. The van der Waals surface area contributed by atoms with Crippen LogP contribution in [-0.4, -0.2) is 22.3 Å². The van der Waals surface area contributed by atoms with E-state index in [0.29, 0.717) is 6.54 Å². The first-order valence-electron chi connectivity index (χ1n) is 7.67. The van der Waals surface area contributed by atoms with Crippen LogP contribution in [0.2, 0.25) is 0 Å². The van der Waals surface area contributed by atoms with E-state index in [1.54, 1.807) is 0 Å². The summed E-state index contributed by atoms with van der Waals surface area (Å²) in [6.07, 6.45) is 0.891. The Labute approximate surface area is 129 Å². The van der Waals surface area contributed by atoms with Crippen molar-refractivity contribution in [3.63, 3.8) is 0 Å². The van der Waals surface area contributed by atoms with Gasteiger partial charge < -0.3 is 9.88 Å². The third-order valence-corrected chi connectivity index (χ3v) is 4.44. The highest BCUT2D eigenvalue weighted by molar-refractivity contribution is 5.95. The maximum atomic E-state index is 12.7. The van der Waals surface area contributed by atoms with Gasteiger partial charge in [0.25, 0.3) is 5.91 Å². The summed E-state index contributed by atoms with van der Waals surface area (Å²) in [6.45, 7) is 3.56. The maximum absolute atomic E-state index is 12.7. The van der Waals surface area contributed by atoms with Gasteiger partial charge in [0.15, 0.2) is 0 Å². The second kappa shape index (κ2) is 5.02. The number of aryl methyl sites for hydroxylation is 1. The van der Waals surface area contributed by atoms with Crippen LogP contribution in [0.5, 0.6) is 0 Å². The summed E-state index contributed by atoms with van der Waals surface area (Å²) in [7, 11) is 0. The van der Waals surface area contributed by atoms with Crippen LogP contribution in [0.4, 0.5) is 0 Å². The van der Waals surface area contributed by atoms with E-state index in [4.69, 9.17) is 0 Å². The van der Waals surface area contributed by atoms with Crippen molar-refractivity contribution in [3.8, 4) is 0 Å². The maximum Gasteiger partial charge on any atom is 0.254 e. The molecule has 3 heteroatoms. The van der Waals surface area contributed by atoms with Crippen molar-refractivity contribution in [1.82, 2.24) is 9.88 Å². The highest BCUT2D eigenvalue weighted by Gasteiger charge is 2.24. The molecule has 3 aromatic rings. The number of rotatable bonds is 1. The van der Waals surface area contributed by atoms with Gasteiger partial charge in [0.2, 0.25) is 0 Å². The Kier molecular flexibility index (Phi) is 3.00. The van der Waals surface area contributed by atoms with Crippen molar-refractivity contribution in [3.05, 3.63) is 70.9 Å². The number of aromatic nitrogens is 1. The van der Waals surface area contributed by atoms with Gasteiger partial charge in [0.1, 0.15) is 0 Å². The topological polar surface area (TPSA) is 36.1 Å². The Morgan fingerprint density at radius 3 is 2.77 bits per heavy atom. The molecule has 0 fully saturated rings. The van der Waals surface area contributed by atoms with Crippen LogP contribution in [-0.2, 0) is 13.0 Å². The number of hydrogen-bond acceptors (Lipinski definition) is 1. The fraction of sp³-hybridized carbons (Fsp3) is 0.211. The van der Waals surface area contributed by atoms with Crippen LogP contribution in [0.1, 0.15) is 27.2 Å². The first-order chi connectivity index (χ1) is 10.7. The number of nitrogens with zero attached hydrogens (tertiary/aromatic N) is 1. The monoisotopic (exact) mass is 290 g/mol. The lowest BCUT2D eigenvalue weighted by molar-refractivity contribution is 0.0735. The van der Waals surface area contributed by atoms with Gasteiger partial charge in [-0.2, -0.15) is 0 Å². The molecule has 0 saturated carbocycles. The lowest BCUT2D eigenvalue weighted by atomic mass is 10.0. The zero-order valence-electron chi connectivity index (χ0n) is 12.6. The van der Waals surface area contributed by atoms with E-state index in [9.17, 15) is 4.79 Å².